The highest BCUT2D eigenvalue weighted by atomic mass is 16.6. The van der Waals surface area contributed by atoms with E-state index in [0.29, 0.717) is 24.5 Å². The van der Waals surface area contributed by atoms with Crippen molar-refractivity contribution >= 4 is 11.8 Å². The molecule has 0 saturated heterocycles. The summed E-state index contributed by atoms with van der Waals surface area (Å²) >= 11 is 0. The normalized spacial score (nSPS) is 14.9. The highest BCUT2D eigenvalue weighted by molar-refractivity contribution is 6.00. The number of Topliss-reactive ketones (excluding diaryl/α,β-unsaturated/α-hetero) is 1. The van der Waals surface area contributed by atoms with E-state index in [2.05, 4.69) is 4.98 Å². The van der Waals surface area contributed by atoms with Crippen LogP contribution < -0.4 is 9.47 Å². The Labute approximate surface area is 174 Å². The Balaban J connectivity index is 1.42. The van der Waals surface area contributed by atoms with E-state index < -0.39 is 5.97 Å². The molecule has 2 aromatic heterocycles. The van der Waals surface area contributed by atoms with Crippen LogP contribution in [0, 0.1) is 13.8 Å². The Hall–Kier alpha value is -3.61. The van der Waals surface area contributed by atoms with Gasteiger partial charge in [0.05, 0.1) is 6.54 Å². The van der Waals surface area contributed by atoms with E-state index in [1.165, 1.54) is 6.20 Å². The zero-order valence-electron chi connectivity index (χ0n) is 16.8. The van der Waals surface area contributed by atoms with Crippen molar-refractivity contribution in [2.24, 2.45) is 0 Å². The number of carbonyl (C=O) groups excluding carboxylic acids is 2. The number of esters is 1. The molecule has 0 radical (unpaired) electrons. The number of nitrogens with zero attached hydrogens (tertiary/aromatic N) is 2. The smallest absolute Gasteiger partial charge is 0.357 e. The first kappa shape index (κ1) is 19.7. The van der Waals surface area contributed by atoms with Crippen molar-refractivity contribution in [1.29, 1.82) is 0 Å². The van der Waals surface area contributed by atoms with Gasteiger partial charge in [-0.15, -0.1) is 0 Å². The van der Waals surface area contributed by atoms with Gasteiger partial charge in [-0.25, -0.2) is 9.78 Å². The van der Waals surface area contributed by atoms with Gasteiger partial charge >= 0.3 is 5.97 Å². The highest BCUT2D eigenvalue weighted by Crippen LogP contribution is 2.31. The molecule has 4 rings (SSSR count). The third kappa shape index (κ3) is 4.05. The fourth-order valence-corrected chi connectivity index (χ4v) is 3.49. The number of ketones is 1. The van der Waals surface area contributed by atoms with Crippen molar-refractivity contribution < 1.29 is 23.8 Å². The minimum atomic E-state index is -0.621. The molecular formula is C23H22N2O5. The third-order valence-corrected chi connectivity index (χ3v) is 5.04. The van der Waals surface area contributed by atoms with E-state index in [4.69, 9.17) is 14.2 Å². The van der Waals surface area contributed by atoms with Gasteiger partial charge in [-0.1, -0.05) is 18.2 Å². The van der Waals surface area contributed by atoms with Crippen LogP contribution in [0.1, 0.15) is 32.2 Å². The molecular weight excluding hydrogens is 384 g/mol. The first-order valence-corrected chi connectivity index (χ1v) is 9.69. The fraction of sp³-hybridized carbons (Fsp3) is 0.261. The number of hydrogen-bond donors (Lipinski definition) is 0. The second kappa shape index (κ2) is 8.41. The summed E-state index contributed by atoms with van der Waals surface area (Å²) in [5.41, 5.74) is 2.42. The molecule has 30 heavy (non-hydrogen) atoms. The molecule has 0 fully saturated rings. The van der Waals surface area contributed by atoms with Crippen LogP contribution >= 0.6 is 0 Å². The number of fused-ring (bicyclic) bond motifs is 1. The Kier molecular flexibility index (Phi) is 5.52. The Morgan fingerprint density at radius 2 is 1.90 bits per heavy atom. The predicted molar refractivity (Wildman–Crippen MR) is 109 cm³/mol. The summed E-state index contributed by atoms with van der Waals surface area (Å²) in [6.07, 6.45) is 1.33. The maximum absolute atomic E-state index is 12.7. The average molecular weight is 406 g/mol. The number of hydrogen-bond acceptors (Lipinski definition) is 6. The largest absolute Gasteiger partial charge is 0.486 e. The molecule has 1 aliphatic heterocycles. The molecule has 7 nitrogen and oxygen atoms in total. The van der Waals surface area contributed by atoms with Gasteiger partial charge in [0.2, 0.25) is 5.78 Å². The van der Waals surface area contributed by atoms with Gasteiger partial charge < -0.3 is 18.8 Å². The molecule has 0 N–H and O–H groups in total. The van der Waals surface area contributed by atoms with Crippen molar-refractivity contribution in [3.8, 4) is 11.5 Å². The van der Waals surface area contributed by atoms with Crippen molar-refractivity contribution in [2.75, 3.05) is 13.2 Å². The molecule has 0 amide bonds. The van der Waals surface area contributed by atoms with Gasteiger partial charge in [-0.2, -0.15) is 0 Å². The molecule has 154 valence electrons. The molecule has 7 heteroatoms. The van der Waals surface area contributed by atoms with Crippen LogP contribution in [0.5, 0.6) is 11.5 Å². The fourth-order valence-electron chi connectivity index (χ4n) is 3.49. The summed E-state index contributed by atoms with van der Waals surface area (Å²) in [7, 11) is 0. The topological polar surface area (TPSA) is 79.7 Å². The molecule has 1 atom stereocenters. The number of carbonyl (C=O) groups is 2. The summed E-state index contributed by atoms with van der Waals surface area (Å²) in [6.45, 7) is 4.45. The predicted octanol–water partition coefficient (Wildman–Crippen LogP) is 3.38. The standard InChI is InChI=1S/C23H22N2O5/c1-15-11-18(20(26)14-29-23(27)19-7-5-6-10-24-19)16(2)25(15)12-17-13-28-21-8-3-4-9-22(21)30-17/h3-11,17H,12-14H2,1-2H3/t17-/m1/s1. The maximum Gasteiger partial charge on any atom is 0.357 e. The zero-order chi connectivity index (χ0) is 21.1. The van der Waals surface area contributed by atoms with Gasteiger partial charge in [0.1, 0.15) is 12.3 Å². The lowest BCUT2D eigenvalue weighted by Gasteiger charge is -2.27. The summed E-state index contributed by atoms with van der Waals surface area (Å²) in [5.74, 6) is 0.572. The SMILES string of the molecule is Cc1cc(C(=O)COC(=O)c2ccccn2)c(C)n1C[C@@H]1COc2ccccc2O1. The van der Waals surface area contributed by atoms with E-state index >= 15 is 0 Å². The quantitative estimate of drug-likeness (QED) is 0.461. The van der Waals surface area contributed by atoms with Crippen molar-refractivity contribution in [3.63, 3.8) is 0 Å². The van der Waals surface area contributed by atoms with E-state index in [9.17, 15) is 9.59 Å². The lowest BCUT2D eigenvalue weighted by Crippen LogP contribution is -2.33. The number of aromatic nitrogens is 2. The van der Waals surface area contributed by atoms with Crippen LogP contribution in [0.4, 0.5) is 0 Å². The van der Waals surface area contributed by atoms with Gasteiger partial charge in [0.25, 0.3) is 0 Å². The third-order valence-electron chi connectivity index (χ3n) is 5.04. The molecule has 1 aliphatic rings. The number of ether oxygens (including phenoxy) is 3. The second-order valence-corrected chi connectivity index (χ2v) is 7.11. The van der Waals surface area contributed by atoms with Gasteiger partial charge in [-0.3, -0.25) is 4.79 Å². The first-order chi connectivity index (χ1) is 14.5. The van der Waals surface area contributed by atoms with Crippen LogP contribution in [-0.2, 0) is 11.3 Å². The molecule has 0 bridgehead atoms. The lowest BCUT2D eigenvalue weighted by atomic mass is 10.1. The zero-order valence-corrected chi connectivity index (χ0v) is 16.8. The molecule has 3 heterocycles. The molecule has 0 unspecified atom stereocenters. The molecule has 0 saturated carbocycles. The van der Waals surface area contributed by atoms with Crippen molar-refractivity contribution in [2.45, 2.75) is 26.5 Å². The molecule has 0 aliphatic carbocycles. The number of rotatable bonds is 6. The van der Waals surface area contributed by atoms with Crippen LogP contribution in [0.3, 0.4) is 0 Å². The van der Waals surface area contributed by atoms with Crippen LogP contribution in [0.15, 0.2) is 54.7 Å². The monoisotopic (exact) mass is 406 g/mol. The van der Waals surface area contributed by atoms with Gasteiger partial charge in [-0.05, 0) is 44.2 Å². The minimum absolute atomic E-state index is 0.172. The van der Waals surface area contributed by atoms with Crippen LogP contribution in [0.25, 0.3) is 0 Å². The minimum Gasteiger partial charge on any atom is -0.486 e. The summed E-state index contributed by atoms with van der Waals surface area (Å²) < 4.78 is 19.0. The van der Waals surface area contributed by atoms with Gasteiger partial charge in [0.15, 0.2) is 24.2 Å². The number of aryl methyl sites for hydroxylation is 1. The Morgan fingerprint density at radius 1 is 1.13 bits per heavy atom. The number of benzene rings is 1. The van der Waals surface area contributed by atoms with Crippen LogP contribution in [0.2, 0.25) is 0 Å². The summed E-state index contributed by atoms with van der Waals surface area (Å²) in [4.78, 5) is 28.6. The number of pyridine rings is 1. The van der Waals surface area contributed by atoms with Gasteiger partial charge in [0, 0.05) is 23.1 Å². The van der Waals surface area contributed by atoms with E-state index in [-0.39, 0.29) is 24.2 Å². The summed E-state index contributed by atoms with van der Waals surface area (Å²) in [6, 6.07) is 14.3. The average Bonchev–Trinajstić information content (AvgIpc) is 3.06. The first-order valence-electron chi connectivity index (χ1n) is 9.69. The van der Waals surface area contributed by atoms with Crippen molar-refractivity contribution in [1.82, 2.24) is 9.55 Å². The highest BCUT2D eigenvalue weighted by Gasteiger charge is 2.24. The van der Waals surface area contributed by atoms with Crippen molar-refractivity contribution in [3.05, 3.63) is 77.4 Å². The van der Waals surface area contributed by atoms with Crippen LogP contribution in [-0.4, -0.2) is 40.6 Å². The Bertz CT molecular complexity index is 1070. The molecule has 1 aromatic carbocycles. The second-order valence-electron chi connectivity index (χ2n) is 7.11. The van der Waals surface area contributed by atoms with E-state index in [0.717, 1.165) is 17.1 Å². The maximum atomic E-state index is 12.7. The lowest BCUT2D eigenvalue weighted by molar-refractivity contribution is 0.0468. The molecule has 3 aromatic rings. The molecule has 0 spiro atoms. The van der Waals surface area contributed by atoms with E-state index in [1.807, 2.05) is 48.7 Å². The number of para-hydroxylation sites is 2. The Morgan fingerprint density at radius 3 is 2.67 bits per heavy atom. The summed E-state index contributed by atoms with van der Waals surface area (Å²) in [5, 5.41) is 0. The van der Waals surface area contributed by atoms with E-state index in [1.54, 1.807) is 18.2 Å².